The minimum absolute atomic E-state index is 0.0344. The standard InChI is InChI=1S/C25H18FI2N3O4S/c1-2-30-24(32)22(36-25(30)29-18-7-5-17(26)6-8-18)13-16-11-20(27)23(21(28)12-16)35-14-15-3-9-19(10-4-15)31(33)34/h3-13H,2,14H2,1H3/b22-13+,29-25?. The van der Waals surface area contributed by atoms with Gasteiger partial charge in [-0.1, -0.05) is 0 Å². The van der Waals surface area contributed by atoms with Crippen molar-refractivity contribution in [3.05, 3.63) is 99.8 Å². The Balaban J connectivity index is 1.52. The van der Waals surface area contributed by atoms with E-state index in [1.54, 1.807) is 29.2 Å². The fraction of sp³-hybridized carbons (Fsp3) is 0.120. The molecule has 1 saturated heterocycles. The molecule has 3 aromatic carbocycles. The molecule has 1 aliphatic rings. The summed E-state index contributed by atoms with van der Waals surface area (Å²) in [6.07, 6.45) is 1.83. The summed E-state index contributed by atoms with van der Waals surface area (Å²) in [5, 5.41) is 11.4. The minimum Gasteiger partial charge on any atom is -0.487 e. The van der Waals surface area contributed by atoms with E-state index in [4.69, 9.17) is 4.74 Å². The van der Waals surface area contributed by atoms with Crippen LogP contribution >= 0.6 is 56.9 Å². The molecule has 0 aliphatic carbocycles. The Hall–Kier alpha value is -2.52. The zero-order valence-electron chi connectivity index (χ0n) is 18.8. The molecule has 0 bridgehead atoms. The topological polar surface area (TPSA) is 85.0 Å². The average Bonchev–Trinajstić information content (AvgIpc) is 3.13. The molecule has 0 saturated carbocycles. The highest BCUT2D eigenvalue weighted by atomic mass is 127. The fourth-order valence-electron chi connectivity index (χ4n) is 3.32. The first-order valence-electron chi connectivity index (χ1n) is 10.7. The number of thioether (sulfide) groups is 1. The number of nitro groups is 1. The number of amides is 1. The molecule has 184 valence electrons. The van der Waals surface area contributed by atoms with Gasteiger partial charge in [-0.15, -0.1) is 0 Å². The van der Waals surface area contributed by atoms with Gasteiger partial charge in [-0.25, -0.2) is 9.38 Å². The SMILES string of the molecule is CCN1C(=O)/C(=C\c2cc(I)c(OCc3ccc([N+](=O)[O-])cc3)c(I)c2)SC1=Nc1ccc(F)cc1. The van der Waals surface area contributed by atoms with Crippen LogP contribution in [0.2, 0.25) is 0 Å². The number of carbonyl (C=O) groups is 1. The van der Waals surface area contributed by atoms with Crippen LogP contribution in [0.5, 0.6) is 5.75 Å². The number of rotatable bonds is 7. The van der Waals surface area contributed by atoms with E-state index in [9.17, 15) is 19.3 Å². The van der Waals surface area contributed by atoms with Gasteiger partial charge in [0, 0.05) is 18.7 Å². The molecule has 3 aromatic rings. The van der Waals surface area contributed by atoms with Crippen LogP contribution in [0.15, 0.2) is 70.6 Å². The number of amidine groups is 1. The lowest BCUT2D eigenvalue weighted by Crippen LogP contribution is -2.28. The molecule has 0 atom stereocenters. The summed E-state index contributed by atoms with van der Waals surface area (Å²) in [5.41, 5.74) is 2.28. The molecule has 0 aromatic heterocycles. The second-order valence-electron chi connectivity index (χ2n) is 7.56. The van der Waals surface area contributed by atoms with E-state index in [0.717, 1.165) is 18.3 Å². The molecule has 0 unspecified atom stereocenters. The van der Waals surface area contributed by atoms with Crippen molar-refractivity contribution in [2.45, 2.75) is 13.5 Å². The zero-order chi connectivity index (χ0) is 25.8. The summed E-state index contributed by atoms with van der Waals surface area (Å²) in [5.74, 6) is 0.231. The number of nitrogens with zero attached hydrogens (tertiary/aromatic N) is 3. The summed E-state index contributed by atoms with van der Waals surface area (Å²) in [6, 6.07) is 15.9. The molecule has 7 nitrogen and oxygen atoms in total. The third-order valence-corrected chi connectivity index (χ3v) is 7.71. The number of aliphatic imine (C=N–C) groups is 1. The maximum absolute atomic E-state index is 13.2. The maximum Gasteiger partial charge on any atom is 0.269 e. The molecule has 1 fully saturated rings. The van der Waals surface area contributed by atoms with Gasteiger partial charge in [0.25, 0.3) is 11.6 Å². The number of likely N-dealkylation sites (N-methyl/N-ethyl adjacent to an activating group) is 1. The lowest BCUT2D eigenvalue weighted by Gasteiger charge is -2.12. The Labute approximate surface area is 238 Å². The van der Waals surface area contributed by atoms with Crippen LogP contribution in [0.3, 0.4) is 0 Å². The third kappa shape index (κ3) is 6.24. The molecule has 0 spiro atoms. The molecule has 0 N–H and O–H groups in total. The number of hydrogen-bond acceptors (Lipinski definition) is 6. The van der Waals surface area contributed by atoms with Crippen molar-refractivity contribution in [1.29, 1.82) is 0 Å². The molecule has 0 radical (unpaired) electrons. The van der Waals surface area contributed by atoms with E-state index >= 15 is 0 Å². The Morgan fingerprint density at radius 2 is 1.75 bits per heavy atom. The van der Waals surface area contributed by atoms with Gasteiger partial charge in [0.2, 0.25) is 0 Å². The van der Waals surface area contributed by atoms with Gasteiger partial charge in [0.05, 0.1) is 22.7 Å². The minimum atomic E-state index is -0.436. The van der Waals surface area contributed by atoms with E-state index in [-0.39, 0.29) is 24.0 Å². The summed E-state index contributed by atoms with van der Waals surface area (Å²) < 4.78 is 21.0. The highest BCUT2D eigenvalue weighted by Gasteiger charge is 2.32. The Kier molecular flexibility index (Phi) is 8.62. The number of ether oxygens (including phenoxy) is 1. The summed E-state index contributed by atoms with van der Waals surface area (Å²) in [4.78, 5) is 30.0. The summed E-state index contributed by atoms with van der Waals surface area (Å²) in [6.45, 7) is 2.62. The van der Waals surface area contributed by atoms with Gasteiger partial charge in [0.15, 0.2) is 5.17 Å². The van der Waals surface area contributed by atoms with E-state index < -0.39 is 4.92 Å². The molecule has 1 heterocycles. The molecule has 11 heteroatoms. The van der Waals surface area contributed by atoms with Crippen molar-refractivity contribution in [2.24, 2.45) is 4.99 Å². The van der Waals surface area contributed by atoms with E-state index in [0.29, 0.717) is 28.1 Å². The van der Waals surface area contributed by atoms with Gasteiger partial charge < -0.3 is 4.74 Å². The van der Waals surface area contributed by atoms with Gasteiger partial charge in [-0.3, -0.25) is 19.8 Å². The van der Waals surface area contributed by atoms with Crippen molar-refractivity contribution < 1.29 is 18.8 Å². The van der Waals surface area contributed by atoms with Crippen LogP contribution in [0, 0.1) is 23.1 Å². The van der Waals surface area contributed by atoms with Gasteiger partial charge in [-0.2, -0.15) is 0 Å². The van der Waals surface area contributed by atoms with Crippen LogP contribution in [0.25, 0.3) is 6.08 Å². The fourth-order valence-corrected chi connectivity index (χ4v) is 6.51. The predicted octanol–water partition coefficient (Wildman–Crippen LogP) is 7.15. The van der Waals surface area contributed by atoms with Crippen LogP contribution in [0.4, 0.5) is 15.8 Å². The number of halogens is 3. The van der Waals surface area contributed by atoms with Crippen molar-refractivity contribution >= 4 is 85.5 Å². The quantitative estimate of drug-likeness (QED) is 0.112. The van der Waals surface area contributed by atoms with E-state index in [1.807, 2.05) is 25.1 Å². The van der Waals surface area contributed by atoms with Crippen molar-refractivity contribution in [3.63, 3.8) is 0 Å². The highest BCUT2D eigenvalue weighted by molar-refractivity contribution is 14.1. The van der Waals surface area contributed by atoms with Gasteiger partial charge >= 0.3 is 0 Å². The second kappa shape index (κ2) is 11.7. The highest BCUT2D eigenvalue weighted by Crippen LogP contribution is 2.36. The van der Waals surface area contributed by atoms with Crippen LogP contribution in [-0.2, 0) is 11.4 Å². The summed E-state index contributed by atoms with van der Waals surface area (Å²) in [7, 11) is 0. The van der Waals surface area contributed by atoms with Crippen molar-refractivity contribution in [3.8, 4) is 5.75 Å². The van der Waals surface area contributed by atoms with Crippen LogP contribution in [0.1, 0.15) is 18.1 Å². The second-order valence-corrected chi connectivity index (χ2v) is 10.9. The van der Waals surface area contributed by atoms with E-state index in [2.05, 4.69) is 50.2 Å². The molecule has 4 rings (SSSR count). The normalized spacial score (nSPS) is 15.7. The Morgan fingerprint density at radius 3 is 2.33 bits per heavy atom. The lowest BCUT2D eigenvalue weighted by atomic mass is 10.2. The predicted molar refractivity (Wildman–Crippen MR) is 156 cm³/mol. The largest absolute Gasteiger partial charge is 0.487 e. The first-order chi connectivity index (χ1) is 17.2. The molecular weight excluding hydrogens is 711 g/mol. The molecule has 1 aliphatic heterocycles. The van der Waals surface area contributed by atoms with E-state index in [1.165, 1.54) is 36.0 Å². The molecule has 36 heavy (non-hydrogen) atoms. The maximum atomic E-state index is 13.2. The first-order valence-corrected chi connectivity index (χ1v) is 13.6. The number of non-ortho nitro benzene ring substituents is 1. The number of hydrogen-bond donors (Lipinski definition) is 0. The molecular formula is C25H18FI2N3O4S. The van der Waals surface area contributed by atoms with Crippen molar-refractivity contribution in [1.82, 2.24) is 4.90 Å². The Morgan fingerprint density at radius 1 is 1.11 bits per heavy atom. The third-order valence-electron chi connectivity index (χ3n) is 5.10. The van der Waals surface area contributed by atoms with Crippen molar-refractivity contribution in [2.75, 3.05) is 6.54 Å². The number of nitro benzene ring substituents is 1. The zero-order valence-corrected chi connectivity index (χ0v) is 23.9. The molecule has 1 amide bonds. The van der Waals surface area contributed by atoms with Gasteiger partial charge in [-0.05, 0) is 130 Å². The average molecular weight is 729 g/mol. The van der Waals surface area contributed by atoms with Crippen LogP contribution < -0.4 is 4.74 Å². The van der Waals surface area contributed by atoms with Crippen LogP contribution in [-0.4, -0.2) is 27.4 Å². The number of benzene rings is 3. The Bertz CT molecular complexity index is 1360. The first kappa shape index (κ1) is 26.5. The monoisotopic (exact) mass is 729 g/mol. The number of carbonyl (C=O) groups excluding carboxylic acids is 1. The lowest BCUT2D eigenvalue weighted by molar-refractivity contribution is -0.384. The van der Waals surface area contributed by atoms with Gasteiger partial charge in [0.1, 0.15) is 18.2 Å². The summed E-state index contributed by atoms with van der Waals surface area (Å²) >= 11 is 5.66. The smallest absolute Gasteiger partial charge is 0.269 e.